The Bertz CT molecular complexity index is 481. The Labute approximate surface area is 92.0 Å². The zero-order valence-electron chi connectivity index (χ0n) is 9.16. The fraction of sp³-hybridized carbons (Fsp3) is 0.500. The molecule has 1 aromatic heterocycles. The predicted molar refractivity (Wildman–Crippen MR) is 57.3 cm³/mol. The first-order valence-electron chi connectivity index (χ1n) is 5.08. The van der Waals surface area contributed by atoms with Crippen LogP contribution in [0.1, 0.15) is 17.7 Å². The van der Waals surface area contributed by atoms with Gasteiger partial charge in [0.2, 0.25) is 5.95 Å². The van der Waals surface area contributed by atoms with E-state index in [1.807, 2.05) is 0 Å². The van der Waals surface area contributed by atoms with Crippen LogP contribution >= 0.6 is 0 Å². The smallest absolute Gasteiger partial charge is 0.328 e. The number of rotatable bonds is 2. The van der Waals surface area contributed by atoms with E-state index in [2.05, 4.69) is 15.3 Å². The number of hydrogen-bond donors (Lipinski definition) is 2. The van der Waals surface area contributed by atoms with Gasteiger partial charge in [0.25, 0.3) is 5.56 Å². The van der Waals surface area contributed by atoms with Gasteiger partial charge >= 0.3 is 5.97 Å². The molecule has 1 saturated heterocycles. The summed E-state index contributed by atoms with van der Waals surface area (Å²) in [7, 11) is 0. The quantitative estimate of drug-likeness (QED) is 0.695. The summed E-state index contributed by atoms with van der Waals surface area (Å²) in [4.78, 5) is 29.4. The van der Waals surface area contributed by atoms with Crippen molar-refractivity contribution in [1.82, 2.24) is 9.97 Å². The Kier molecular flexibility index (Phi) is 2.64. The van der Waals surface area contributed by atoms with Gasteiger partial charge in [-0.2, -0.15) is 0 Å². The first-order valence-corrected chi connectivity index (χ1v) is 5.08. The molecule has 2 N–H and O–H groups in total. The first kappa shape index (κ1) is 10.7. The SMILES string of the molecule is Cc1nc(NC2CCOC2=O)[nH]c(=O)c1C. The van der Waals surface area contributed by atoms with E-state index in [0.717, 1.165) is 0 Å². The van der Waals surface area contributed by atoms with Gasteiger partial charge in [-0.25, -0.2) is 9.78 Å². The monoisotopic (exact) mass is 223 g/mol. The van der Waals surface area contributed by atoms with Crippen molar-refractivity contribution in [2.75, 3.05) is 11.9 Å². The summed E-state index contributed by atoms with van der Waals surface area (Å²) >= 11 is 0. The number of esters is 1. The minimum absolute atomic E-state index is 0.193. The number of H-pyrrole nitrogens is 1. The highest BCUT2D eigenvalue weighted by atomic mass is 16.5. The van der Waals surface area contributed by atoms with Crippen molar-refractivity contribution < 1.29 is 9.53 Å². The van der Waals surface area contributed by atoms with E-state index in [0.29, 0.717) is 30.2 Å². The Morgan fingerprint density at radius 1 is 1.44 bits per heavy atom. The topological polar surface area (TPSA) is 84.1 Å². The zero-order chi connectivity index (χ0) is 11.7. The van der Waals surface area contributed by atoms with Gasteiger partial charge in [-0.05, 0) is 13.8 Å². The van der Waals surface area contributed by atoms with E-state index in [9.17, 15) is 9.59 Å². The van der Waals surface area contributed by atoms with E-state index in [1.165, 1.54) is 0 Å². The molecule has 1 atom stereocenters. The second-order valence-corrected chi connectivity index (χ2v) is 3.78. The molecule has 0 spiro atoms. The van der Waals surface area contributed by atoms with E-state index in [-0.39, 0.29) is 11.5 Å². The maximum absolute atomic E-state index is 11.5. The van der Waals surface area contributed by atoms with E-state index in [4.69, 9.17) is 4.74 Å². The molecule has 0 radical (unpaired) electrons. The van der Waals surface area contributed by atoms with Gasteiger partial charge in [0.15, 0.2) is 0 Å². The van der Waals surface area contributed by atoms with Gasteiger partial charge in [0.05, 0.1) is 6.61 Å². The van der Waals surface area contributed by atoms with Crippen LogP contribution in [0.3, 0.4) is 0 Å². The fourth-order valence-corrected chi connectivity index (χ4v) is 1.51. The van der Waals surface area contributed by atoms with Crippen LogP contribution in [0.5, 0.6) is 0 Å². The maximum atomic E-state index is 11.5. The summed E-state index contributed by atoms with van der Waals surface area (Å²) in [5, 5.41) is 2.86. The molecule has 0 aromatic carbocycles. The summed E-state index contributed by atoms with van der Waals surface area (Å²) in [6, 6.07) is -0.412. The van der Waals surface area contributed by atoms with Gasteiger partial charge in [-0.3, -0.25) is 9.78 Å². The third kappa shape index (κ3) is 1.91. The van der Waals surface area contributed by atoms with Crippen molar-refractivity contribution in [3.8, 4) is 0 Å². The molecule has 6 heteroatoms. The van der Waals surface area contributed by atoms with Crippen molar-refractivity contribution >= 4 is 11.9 Å². The molecule has 0 aliphatic carbocycles. The average molecular weight is 223 g/mol. The molecule has 6 nitrogen and oxygen atoms in total. The lowest BCUT2D eigenvalue weighted by atomic mass is 10.2. The lowest BCUT2D eigenvalue weighted by Crippen LogP contribution is -2.27. The van der Waals surface area contributed by atoms with E-state index >= 15 is 0 Å². The molecule has 0 saturated carbocycles. The number of nitrogens with zero attached hydrogens (tertiary/aromatic N) is 1. The Morgan fingerprint density at radius 3 is 2.75 bits per heavy atom. The van der Waals surface area contributed by atoms with Crippen LogP contribution in [0.15, 0.2) is 4.79 Å². The van der Waals surface area contributed by atoms with Crippen LogP contribution in [0.25, 0.3) is 0 Å². The number of hydrogen-bond acceptors (Lipinski definition) is 5. The molecule has 86 valence electrons. The minimum atomic E-state index is -0.412. The standard InChI is InChI=1S/C10H13N3O3/c1-5-6(2)11-10(13-8(5)14)12-7-3-4-16-9(7)15/h7H,3-4H2,1-2H3,(H2,11,12,13,14). The average Bonchev–Trinajstić information content (AvgIpc) is 2.61. The van der Waals surface area contributed by atoms with Crippen LogP contribution in [0, 0.1) is 13.8 Å². The van der Waals surface area contributed by atoms with E-state index in [1.54, 1.807) is 13.8 Å². The number of carbonyl (C=O) groups is 1. The molecule has 0 amide bonds. The number of aromatic nitrogens is 2. The molecule has 16 heavy (non-hydrogen) atoms. The molecule has 1 unspecified atom stereocenters. The second kappa shape index (κ2) is 3.96. The summed E-state index contributed by atoms with van der Waals surface area (Å²) in [5.41, 5.74) is 1.04. The highest BCUT2D eigenvalue weighted by molar-refractivity contribution is 5.80. The molecule has 2 rings (SSSR count). The normalized spacial score (nSPS) is 19.6. The van der Waals surface area contributed by atoms with E-state index < -0.39 is 6.04 Å². The van der Waals surface area contributed by atoms with Gasteiger partial charge in [0, 0.05) is 17.7 Å². The number of aryl methyl sites for hydroxylation is 1. The van der Waals surface area contributed by atoms with Crippen LogP contribution in [0.4, 0.5) is 5.95 Å². The summed E-state index contributed by atoms with van der Waals surface area (Å²) < 4.78 is 4.80. The van der Waals surface area contributed by atoms with Crippen molar-refractivity contribution in [2.45, 2.75) is 26.3 Å². The van der Waals surface area contributed by atoms with Crippen LogP contribution in [0.2, 0.25) is 0 Å². The highest BCUT2D eigenvalue weighted by Crippen LogP contribution is 2.11. The van der Waals surface area contributed by atoms with Crippen molar-refractivity contribution in [1.29, 1.82) is 0 Å². The number of carbonyl (C=O) groups excluding carboxylic acids is 1. The van der Waals surface area contributed by atoms with Gasteiger partial charge in [-0.1, -0.05) is 0 Å². The summed E-state index contributed by atoms with van der Waals surface area (Å²) in [6.07, 6.45) is 0.593. The number of cyclic esters (lactones) is 1. The Morgan fingerprint density at radius 2 is 2.19 bits per heavy atom. The predicted octanol–water partition coefficient (Wildman–Crippen LogP) is 0.114. The largest absolute Gasteiger partial charge is 0.464 e. The lowest BCUT2D eigenvalue weighted by molar-refractivity contribution is -0.138. The zero-order valence-corrected chi connectivity index (χ0v) is 9.16. The highest BCUT2D eigenvalue weighted by Gasteiger charge is 2.26. The van der Waals surface area contributed by atoms with Gasteiger partial charge < -0.3 is 10.1 Å². The molecular formula is C10H13N3O3. The van der Waals surface area contributed by atoms with Gasteiger partial charge in [0.1, 0.15) is 6.04 Å². The molecule has 0 bridgehead atoms. The van der Waals surface area contributed by atoms with Crippen molar-refractivity contribution in [3.63, 3.8) is 0 Å². The molecule has 2 heterocycles. The third-order valence-corrected chi connectivity index (χ3v) is 2.64. The molecule has 1 aromatic rings. The summed E-state index contributed by atoms with van der Waals surface area (Å²) in [6.45, 7) is 3.86. The van der Waals surface area contributed by atoms with Crippen LogP contribution in [-0.4, -0.2) is 28.6 Å². The molecule has 1 fully saturated rings. The second-order valence-electron chi connectivity index (χ2n) is 3.78. The van der Waals surface area contributed by atoms with Crippen molar-refractivity contribution in [2.24, 2.45) is 0 Å². The fourth-order valence-electron chi connectivity index (χ4n) is 1.51. The number of nitrogens with one attached hydrogen (secondary N) is 2. The first-order chi connectivity index (χ1) is 7.58. The van der Waals surface area contributed by atoms with Crippen molar-refractivity contribution in [3.05, 3.63) is 21.6 Å². The van der Waals surface area contributed by atoms with Crippen LogP contribution < -0.4 is 10.9 Å². The number of anilines is 1. The van der Waals surface area contributed by atoms with Crippen LogP contribution in [-0.2, 0) is 9.53 Å². The maximum Gasteiger partial charge on any atom is 0.328 e. The van der Waals surface area contributed by atoms with Gasteiger partial charge in [-0.15, -0.1) is 0 Å². The molecule has 1 aliphatic heterocycles. The Balaban J connectivity index is 2.22. The molecular weight excluding hydrogens is 210 g/mol. The minimum Gasteiger partial charge on any atom is -0.464 e. The lowest BCUT2D eigenvalue weighted by Gasteiger charge is -2.10. The molecule has 1 aliphatic rings. The summed E-state index contributed by atoms with van der Waals surface area (Å²) in [5.74, 6) is 0.0119. The number of aromatic amines is 1. The number of ether oxygens (including phenoxy) is 1. The Hall–Kier alpha value is -1.85. The third-order valence-electron chi connectivity index (χ3n) is 2.64.